The number of aryl methyl sites for hydroxylation is 1. The zero-order valence-electron chi connectivity index (χ0n) is 11.6. The lowest BCUT2D eigenvalue weighted by molar-refractivity contribution is -0.116. The number of nitrogens with one attached hydrogen (secondary N) is 2. The molecule has 2 rings (SSSR count). The predicted octanol–water partition coefficient (Wildman–Crippen LogP) is 1.44. The largest absolute Gasteiger partial charge is 0.326 e. The van der Waals surface area contributed by atoms with Crippen molar-refractivity contribution >= 4 is 21.6 Å². The number of benzene rings is 1. The summed E-state index contributed by atoms with van der Waals surface area (Å²) in [4.78, 5) is 11.3. The summed E-state index contributed by atoms with van der Waals surface area (Å²) < 4.78 is 25.7. The van der Waals surface area contributed by atoms with Crippen molar-refractivity contribution in [3.63, 3.8) is 0 Å². The fraction of sp³-hybridized carbons (Fsp3) is 0.500. The fourth-order valence-electron chi connectivity index (χ4n) is 2.28. The molecule has 0 radical (unpaired) electrons. The summed E-state index contributed by atoms with van der Waals surface area (Å²) >= 11 is 0. The molecule has 0 bridgehead atoms. The second-order valence-corrected chi connectivity index (χ2v) is 6.93. The molecule has 110 valence electrons. The lowest BCUT2D eigenvalue weighted by Crippen LogP contribution is -2.28. The highest BCUT2D eigenvalue weighted by atomic mass is 32.2. The van der Waals surface area contributed by atoms with E-state index in [2.05, 4.69) is 10.0 Å². The van der Waals surface area contributed by atoms with Crippen molar-refractivity contribution in [3.8, 4) is 0 Å². The van der Waals surface area contributed by atoms with E-state index in [0.29, 0.717) is 25.8 Å². The van der Waals surface area contributed by atoms with Gasteiger partial charge in [0.25, 0.3) is 0 Å². The van der Waals surface area contributed by atoms with Gasteiger partial charge in [-0.15, -0.1) is 0 Å². The van der Waals surface area contributed by atoms with Gasteiger partial charge in [0.05, 0.1) is 5.75 Å². The third kappa shape index (κ3) is 4.05. The quantitative estimate of drug-likeness (QED) is 0.834. The molecule has 0 aromatic heterocycles. The first-order chi connectivity index (χ1) is 9.50. The van der Waals surface area contributed by atoms with E-state index >= 15 is 0 Å². The molecule has 1 aliphatic heterocycles. The zero-order valence-corrected chi connectivity index (χ0v) is 12.4. The van der Waals surface area contributed by atoms with Crippen LogP contribution in [0.25, 0.3) is 0 Å². The van der Waals surface area contributed by atoms with Crippen LogP contribution in [0.1, 0.15) is 30.9 Å². The van der Waals surface area contributed by atoms with Crippen LogP contribution in [0.15, 0.2) is 18.2 Å². The molecule has 1 aliphatic rings. The molecule has 0 fully saturated rings. The maximum Gasteiger partial charge on any atom is 0.224 e. The first-order valence-corrected chi connectivity index (χ1v) is 8.54. The Morgan fingerprint density at radius 1 is 1.30 bits per heavy atom. The average molecular weight is 296 g/mol. The Balaban J connectivity index is 1.93. The van der Waals surface area contributed by atoms with E-state index in [4.69, 9.17) is 0 Å². The van der Waals surface area contributed by atoms with Gasteiger partial charge in [-0.2, -0.15) is 0 Å². The number of amides is 1. The van der Waals surface area contributed by atoms with Crippen molar-refractivity contribution in [1.82, 2.24) is 4.72 Å². The number of rotatable bonds is 6. The summed E-state index contributed by atoms with van der Waals surface area (Å²) in [7, 11) is -3.13. The normalized spacial score (nSPS) is 14.8. The first kappa shape index (κ1) is 15.0. The van der Waals surface area contributed by atoms with Crippen LogP contribution < -0.4 is 10.0 Å². The van der Waals surface area contributed by atoms with Crippen LogP contribution in [0.4, 0.5) is 5.69 Å². The molecule has 0 saturated carbocycles. The highest BCUT2D eigenvalue weighted by molar-refractivity contribution is 7.89. The van der Waals surface area contributed by atoms with Gasteiger partial charge in [-0.3, -0.25) is 4.79 Å². The Kier molecular flexibility index (Phi) is 4.77. The first-order valence-electron chi connectivity index (χ1n) is 6.89. The summed E-state index contributed by atoms with van der Waals surface area (Å²) in [6, 6.07) is 5.86. The minimum absolute atomic E-state index is 0.0533. The highest BCUT2D eigenvalue weighted by Crippen LogP contribution is 2.23. The van der Waals surface area contributed by atoms with E-state index in [-0.39, 0.29) is 11.7 Å². The van der Waals surface area contributed by atoms with Crippen LogP contribution in [0.3, 0.4) is 0 Å². The van der Waals surface area contributed by atoms with Gasteiger partial charge in [0.15, 0.2) is 0 Å². The van der Waals surface area contributed by atoms with Crippen LogP contribution in [0, 0.1) is 0 Å². The van der Waals surface area contributed by atoms with Gasteiger partial charge in [0.2, 0.25) is 15.9 Å². The van der Waals surface area contributed by atoms with E-state index in [0.717, 1.165) is 23.2 Å². The summed E-state index contributed by atoms with van der Waals surface area (Å²) in [5.41, 5.74) is 3.08. The minimum Gasteiger partial charge on any atom is -0.326 e. The lowest BCUT2D eigenvalue weighted by atomic mass is 9.99. The van der Waals surface area contributed by atoms with Crippen molar-refractivity contribution in [3.05, 3.63) is 29.3 Å². The molecule has 0 spiro atoms. The predicted molar refractivity (Wildman–Crippen MR) is 79.2 cm³/mol. The summed E-state index contributed by atoms with van der Waals surface area (Å²) in [5.74, 6) is 0.223. The molecule has 2 N–H and O–H groups in total. The van der Waals surface area contributed by atoms with E-state index < -0.39 is 10.0 Å². The monoisotopic (exact) mass is 296 g/mol. The minimum atomic E-state index is -3.13. The third-order valence-corrected chi connectivity index (χ3v) is 4.86. The number of carbonyl (C=O) groups excluding carboxylic acids is 1. The molecular formula is C14H20N2O3S. The van der Waals surface area contributed by atoms with Crippen molar-refractivity contribution < 1.29 is 13.2 Å². The topological polar surface area (TPSA) is 75.3 Å². The maximum absolute atomic E-state index is 11.5. The number of sulfonamides is 1. The van der Waals surface area contributed by atoms with Crippen molar-refractivity contribution in [2.45, 2.75) is 32.6 Å². The second kappa shape index (κ2) is 6.37. The number of carbonyl (C=O) groups is 1. The van der Waals surface area contributed by atoms with Crippen molar-refractivity contribution in [2.75, 3.05) is 17.6 Å². The number of anilines is 1. The summed E-state index contributed by atoms with van der Waals surface area (Å²) in [6.07, 6.45) is 2.54. The molecule has 1 heterocycles. The molecule has 0 aliphatic carbocycles. The van der Waals surface area contributed by atoms with E-state index in [1.54, 1.807) is 0 Å². The summed E-state index contributed by atoms with van der Waals surface area (Å²) in [5, 5.41) is 2.83. The van der Waals surface area contributed by atoms with E-state index in [1.165, 1.54) is 0 Å². The van der Waals surface area contributed by atoms with Gasteiger partial charge in [-0.1, -0.05) is 19.1 Å². The Bertz CT molecular complexity index is 596. The molecule has 1 aromatic carbocycles. The SMILES string of the molecule is CCCS(=O)(=O)NCCc1ccc2c(c1)CCC(=O)N2. The molecule has 1 aromatic rings. The average Bonchev–Trinajstić information content (AvgIpc) is 2.38. The fourth-order valence-corrected chi connectivity index (χ4v) is 3.38. The third-order valence-electron chi connectivity index (χ3n) is 3.27. The molecule has 0 atom stereocenters. The van der Waals surface area contributed by atoms with Crippen LogP contribution in [0.5, 0.6) is 0 Å². The Labute approximate surface area is 119 Å². The molecule has 20 heavy (non-hydrogen) atoms. The molecule has 0 saturated heterocycles. The van der Waals surface area contributed by atoms with Gasteiger partial charge >= 0.3 is 0 Å². The van der Waals surface area contributed by atoms with Crippen LogP contribution in [0.2, 0.25) is 0 Å². The van der Waals surface area contributed by atoms with Crippen LogP contribution in [-0.4, -0.2) is 26.6 Å². The van der Waals surface area contributed by atoms with Crippen molar-refractivity contribution in [2.24, 2.45) is 0 Å². The molecule has 6 heteroatoms. The lowest BCUT2D eigenvalue weighted by Gasteiger charge is -2.17. The number of fused-ring (bicyclic) bond motifs is 1. The molecular weight excluding hydrogens is 276 g/mol. The van der Waals surface area contributed by atoms with Gasteiger partial charge in [0.1, 0.15) is 0 Å². The standard InChI is InChI=1S/C14H20N2O3S/c1-2-9-20(18,19)15-8-7-11-3-5-13-12(10-11)4-6-14(17)16-13/h3,5,10,15H,2,4,6-9H2,1H3,(H,16,17). The van der Waals surface area contributed by atoms with Gasteiger partial charge in [0, 0.05) is 18.7 Å². The second-order valence-electron chi connectivity index (χ2n) is 5.00. The Hall–Kier alpha value is -1.40. The Morgan fingerprint density at radius 2 is 2.10 bits per heavy atom. The summed E-state index contributed by atoms with van der Waals surface area (Å²) in [6.45, 7) is 2.25. The molecule has 0 unspecified atom stereocenters. The molecule has 1 amide bonds. The number of hydrogen-bond acceptors (Lipinski definition) is 3. The molecule has 5 nitrogen and oxygen atoms in total. The zero-order chi connectivity index (χ0) is 14.6. The van der Waals surface area contributed by atoms with Gasteiger partial charge in [-0.25, -0.2) is 13.1 Å². The van der Waals surface area contributed by atoms with E-state index in [1.807, 2.05) is 25.1 Å². The smallest absolute Gasteiger partial charge is 0.224 e. The van der Waals surface area contributed by atoms with Crippen molar-refractivity contribution in [1.29, 1.82) is 0 Å². The highest BCUT2D eigenvalue weighted by Gasteiger charge is 2.14. The van der Waals surface area contributed by atoms with Crippen LogP contribution in [-0.2, 0) is 27.7 Å². The van der Waals surface area contributed by atoms with Crippen LogP contribution >= 0.6 is 0 Å². The Morgan fingerprint density at radius 3 is 2.85 bits per heavy atom. The van der Waals surface area contributed by atoms with Gasteiger partial charge < -0.3 is 5.32 Å². The number of hydrogen-bond donors (Lipinski definition) is 2. The maximum atomic E-state index is 11.5. The van der Waals surface area contributed by atoms with E-state index in [9.17, 15) is 13.2 Å². The van der Waals surface area contributed by atoms with Gasteiger partial charge in [-0.05, 0) is 36.5 Å².